The van der Waals surface area contributed by atoms with Gasteiger partial charge in [0.15, 0.2) is 17.1 Å². The van der Waals surface area contributed by atoms with E-state index in [0.29, 0.717) is 41.8 Å². The molecule has 0 unspecified atom stereocenters. The van der Waals surface area contributed by atoms with Crippen molar-refractivity contribution in [2.24, 2.45) is 7.05 Å². The van der Waals surface area contributed by atoms with Gasteiger partial charge >= 0.3 is 5.69 Å². The van der Waals surface area contributed by atoms with Gasteiger partial charge in [-0.2, -0.15) is 4.98 Å². The molecule has 1 saturated heterocycles. The molecular formula is C25H28N6O4. The van der Waals surface area contributed by atoms with E-state index in [9.17, 15) is 4.79 Å². The van der Waals surface area contributed by atoms with E-state index in [0.717, 1.165) is 35.3 Å². The molecule has 4 aromatic rings. The molecule has 1 fully saturated rings. The van der Waals surface area contributed by atoms with Crippen LogP contribution >= 0.6 is 0 Å². The number of nitrogens with zero attached hydrogens (tertiary/aromatic N) is 5. The van der Waals surface area contributed by atoms with Gasteiger partial charge in [-0.3, -0.25) is 14.1 Å². The largest absolute Gasteiger partial charge is 0.493 e. The molecule has 0 saturated carbocycles. The van der Waals surface area contributed by atoms with Crippen molar-refractivity contribution in [1.29, 1.82) is 0 Å². The predicted molar refractivity (Wildman–Crippen MR) is 133 cm³/mol. The highest BCUT2D eigenvalue weighted by molar-refractivity contribution is 5.74. The average Bonchev–Trinajstić information content (AvgIpc) is 3.14. The molecule has 0 aliphatic carbocycles. The fourth-order valence-corrected chi connectivity index (χ4v) is 4.43. The summed E-state index contributed by atoms with van der Waals surface area (Å²) in [6, 6.07) is 7.75. The number of ether oxygens (including phenoxy) is 3. The number of aromatic nitrogens is 5. The summed E-state index contributed by atoms with van der Waals surface area (Å²) < 4.78 is 19.6. The molecule has 1 N–H and O–H groups in total. The smallest absolute Gasteiger partial charge is 0.330 e. The minimum atomic E-state index is -0.0875. The van der Waals surface area contributed by atoms with Crippen molar-refractivity contribution in [3.8, 4) is 22.8 Å². The number of anilines is 2. The Bertz CT molecular complexity index is 1440. The van der Waals surface area contributed by atoms with E-state index in [1.807, 2.05) is 31.2 Å². The van der Waals surface area contributed by atoms with Crippen LogP contribution < -0.4 is 20.5 Å². The number of hydrogen-bond acceptors (Lipinski definition) is 8. The van der Waals surface area contributed by atoms with Crippen LogP contribution in [0.25, 0.3) is 22.4 Å². The van der Waals surface area contributed by atoms with Gasteiger partial charge in [-0.1, -0.05) is 0 Å². The molecule has 10 heteroatoms. The number of nitrogens with one attached hydrogen (secondary N) is 1. The molecule has 1 aliphatic rings. The van der Waals surface area contributed by atoms with Gasteiger partial charge in [-0.15, -0.1) is 0 Å². The summed E-state index contributed by atoms with van der Waals surface area (Å²) in [6.07, 6.45) is 5.01. The first kappa shape index (κ1) is 22.9. The first-order valence-electron chi connectivity index (χ1n) is 11.5. The standard InChI is InChI=1S/C25H28N6O4/c1-15-11-18(16-5-6-21(33-3)22(12-16)34-4)26-13-19(15)28-24-27-14-20-23(29-24)31(25(32)30(20)2)17-7-9-35-10-8-17/h5-6,11-14,17H,7-10H2,1-4H3,(H,27,28,29). The Kier molecular flexibility index (Phi) is 6.12. The zero-order valence-electron chi connectivity index (χ0n) is 20.2. The normalized spacial score (nSPS) is 14.3. The van der Waals surface area contributed by atoms with Gasteiger partial charge in [0.1, 0.15) is 5.52 Å². The lowest BCUT2D eigenvalue weighted by Gasteiger charge is -2.22. The number of aryl methyl sites for hydroxylation is 2. The van der Waals surface area contributed by atoms with E-state index in [4.69, 9.17) is 19.2 Å². The zero-order valence-corrected chi connectivity index (χ0v) is 20.2. The average molecular weight is 477 g/mol. The van der Waals surface area contributed by atoms with E-state index in [-0.39, 0.29) is 11.7 Å². The Morgan fingerprint density at radius 2 is 1.83 bits per heavy atom. The Hall–Kier alpha value is -3.92. The van der Waals surface area contributed by atoms with Crippen LogP contribution in [0.2, 0.25) is 0 Å². The van der Waals surface area contributed by atoms with Crippen LogP contribution in [0.15, 0.2) is 41.5 Å². The van der Waals surface area contributed by atoms with Crippen molar-refractivity contribution < 1.29 is 14.2 Å². The molecule has 1 aliphatic heterocycles. The molecule has 3 aromatic heterocycles. The van der Waals surface area contributed by atoms with Crippen molar-refractivity contribution in [3.63, 3.8) is 0 Å². The summed E-state index contributed by atoms with van der Waals surface area (Å²) >= 11 is 0. The van der Waals surface area contributed by atoms with E-state index >= 15 is 0 Å². The molecule has 0 radical (unpaired) electrons. The lowest BCUT2D eigenvalue weighted by molar-refractivity contribution is 0.0695. The van der Waals surface area contributed by atoms with Crippen LogP contribution in [0.1, 0.15) is 24.4 Å². The van der Waals surface area contributed by atoms with Crippen LogP contribution in [0.3, 0.4) is 0 Å². The third-order valence-electron chi connectivity index (χ3n) is 6.43. The molecule has 0 spiro atoms. The molecule has 0 bridgehead atoms. The summed E-state index contributed by atoms with van der Waals surface area (Å²) in [6.45, 7) is 3.27. The van der Waals surface area contributed by atoms with Crippen molar-refractivity contribution in [2.75, 3.05) is 32.8 Å². The summed E-state index contributed by atoms with van der Waals surface area (Å²) in [5.74, 6) is 1.72. The van der Waals surface area contributed by atoms with E-state index in [1.54, 1.807) is 42.8 Å². The lowest BCUT2D eigenvalue weighted by atomic mass is 10.1. The van der Waals surface area contributed by atoms with Crippen molar-refractivity contribution in [1.82, 2.24) is 24.1 Å². The quantitative estimate of drug-likeness (QED) is 0.450. The first-order valence-corrected chi connectivity index (χ1v) is 11.5. The van der Waals surface area contributed by atoms with E-state index in [1.165, 1.54) is 0 Å². The van der Waals surface area contributed by atoms with E-state index in [2.05, 4.69) is 15.3 Å². The maximum absolute atomic E-state index is 12.9. The van der Waals surface area contributed by atoms with Crippen molar-refractivity contribution in [2.45, 2.75) is 25.8 Å². The van der Waals surface area contributed by atoms with Crippen LogP contribution in [0.5, 0.6) is 11.5 Å². The number of imidazole rings is 1. The molecule has 5 rings (SSSR count). The molecule has 0 amide bonds. The van der Waals surface area contributed by atoms with Gasteiger partial charge in [-0.05, 0) is 49.6 Å². The highest BCUT2D eigenvalue weighted by atomic mass is 16.5. The van der Waals surface area contributed by atoms with Gasteiger partial charge < -0.3 is 19.5 Å². The SMILES string of the molecule is COc1ccc(-c2cc(C)c(Nc3ncc4c(n3)n(C3CCOCC3)c(=O)n4C)cn2)cc1OC. The summed E-state index contributed by atoms with van der Waals surface area (Å²) in [5.41, 5.74) is 4.71. The second kappa shape index (κ2) is 9.38. The Labute approximate surface area is 202 Å². The summed E-state index contributed by atoms with van der Waals surface area (Å²) in [4.78, 5) is 26.7. The number of rotatable bonds is 6. The maximum atomic E-state index is 12.9. The molecule has 1 aromatic carbocycles. The molecule has 0 atom stereocenters. The summed E-state index contributed by atoms with van der Waals surface area (Å²) in [5, 5.41) is 3.26. The zero-order chi connectivity index (χ0) is 24.5. The molecule has 4 heterocycles. The van der Waals surface area contributed by atoms with Gasteiger partial charge in [0, 0.05) is 31.9 Å². The second-order valence-electron chi connectivity index (χ2n) is 8.54. The topological polar surface area (TPSA) is 105 Å². The number of hydrogen-bond donors (Lipinski definition) is 1. The van der Waals surface area contributed by atoms with Crippen molar-refractivity contribution >= 4 is 22.8 Å². The predicted octanol–water partition coefficient (Wildman–Crippen LogP) is 3.61. The second-order valence-corrected chi connectivity index (χ2v) is 8.54. The monoisotopic (exact) mass is 476 g/mol. The van der Waals surface area contributed by atoms with Crippen molar-refractivity contribution in [3.05, 3.63) is 52.7 Å². The molecule has 35 heavy (non-hydrogen) atoms. The highest BCUT2D eigenvalue weighted by Crippen LogP contribution is 2.33. The van der Waals surface area contributed by atoms with Gasteiger partial charge in [0.05, 0.1) is 38.0 Å². The van der Waals surface area contributed by atoms with Gasteiger partial charge in [0.25, 0.3) is 0 Å². The van der Waals surface area contributed by atoms with Crippen LogP contribution in [0, 0.1) is 6.92 Å². The Morgan fingerprint density at radius 3 is 2.54 bits per heavy atom. The Balaban J connectivity index is 1.46. The van der Waals surface area contributed by atoms with Crippen LogP contribution in [0.4, 0.5) is 11.6 Å². The number of benzene rings is 1. The van der Waals surface area contributed by atoms with Gasteiger partial charge in [0.2, 0.25) is 5.95 Å². The van der Waals surface area contributed by atoms with Crippen LogP contribution in [-0.4, -0.2) is 51.5 Å². The summed E-state index contributed by atoms with van der Waals surface area (Å²) in [7, 11) is 4.97. The molecule has 10 nitrogen and oxygen atoms in total. The lowest BCUT2D eigenvalue weighted by Crippen LogP contribution is -2.30. The molecular weight excluding hydrogens is 448 g/mol. The third-order valence-corrected chi connectivity index (χ3v) is 6.43. The Morgan fingerprint density at radius 1 is 1.06 bits per heavy atom. The fraction of sp³-hybridized carbons (Fsp3) is 0.360. The number of methoxy groups -OCH3 is 2. The minimum absolute atomic E-state index is 0.0619. The molecule has 182 valence electrons. The first-order chi connectivity index (χ1) is 17.0. The van der Waals surface area contributed by atoms with Crippen LogP contribution in [-0.2, 0) is 11.8 Å². The fourth-order valence-electron chi connectivity index (χ4n) is 4.43. The minimum Gasteiger partial charge on any atom is -0.493 e. The highest BCUT2D eigenvalue weighted by Gasteiger charge is 2.23. The number of fused-ring (bicyclic) bond motifs is 1. The van der Waals surface area contributed by atoms with E-state index < -0.39 is 0 Å². The van der Waals surface area contributed by atoms with Gasteiger partial charge in [-0.25, -0.2) is 9.78 Å². The maximum Gasteiger partial charge on any atom is 0.330 e. The number of pyridine rings is 1. The third kappa shape index (κ3) is 4.21.